The number of hydroxylamine groups is 1. The molecule has 0 fully saturated rings. The standard InChI is InChI=1S/C16H17F3N4O3S/c1-4-27(25,26)12-6-10(16(17,18)19)8-23(24)13(12)15-21-11-5-9(2)7-20-14(11)22(15)3/h5,7-8,12H,4,6H2,1-3H3. The lowest BCUT2D eigenvalue weighted by molar-refractivity contribution is -0.385. The van der Waals surface area contributed by atoms with Crippen LogP contribution in [0.25, 0.3) is 11.2 Å². The van der Waals surface area contributed by atoms with E-state index in [1.165, 1.54) is 18.5 Å². The number of sulfone groups is 1. The molecule has 1 atom stereocenters. The van der Waals surface area contributed by atoms with Crippen LogP contribution in [-0.2, 0) is 16.9 Å². The molecular formula is C16H17F3N4O3S. The Labute approximate surface area is 153 Å². The zero-order valence-electron chi connectivity index (χ0n) is 14.8. The maximum absolute atomic E-state index is 13.1. The highest BCUT2D eigenvalue weighted by Crippen LogP contribution is 2.34. The first-order valence-corrected chi connectivity index (χ1v) is 9.79. The monoisotopic (exact) mass is 402 g/mol. The highest BCUT2D eigenvalue weighted by molar-refractivity contribution is 7.92. The second kappa shape index (κ2) is 6.32. The first-order valence-electron chi connectivity index (χ1n) is 8.07. The number of halogens is 3. The number of aryl methyl sites for hydroxylation is 2. The molecule has 27 heavy (non-hydrogen) atoms. The first kappa shape index (κ1) is 19.3. The minimum atomic E-state index is -4.79. The van der Waals surface area contributed by atoms with Gasteiger partial charge in [-0.3, -0.25) is 0 Å². The Balaban J connectivity index is 2.29. The average molecular weight is 402 g/mol. The van der Waals surface area contributed by atoms with Crippen LogP contribution in [-0.4, -0.2) is 50.6 Å². The van der Waals surface area contributed by atoms with Gasteiger partial charge in [0.15, 0.2) is 26.9 Å². The number of alkyl halides is 3. The molecular weight excluding hydrogens is 385 g/mol. The summed E-state index contributed by atoms with van der Waals surface area (Å²) in [5, 5.41) is 10.8. The van der Waals surface area contributed by atoms with Crippen molar-refractivity contribution in [3.8, 4) is 0 Å². The van der Waals surface area contributed by atoms with Gasteiger partial charge in [-0.25, -0.2) is 18.4 Å². The summed E-state index contributed by atoms with van der Waals surface area (Å²) in [7, 11) is -2.47. The molecule has 0 saturated carbocycles. The van der Waals surface area contributed by atoms with Crippen molar-refractivity contribution in [2.75, 3.05) is 5.75 Å². The Hall–Kier alpha value is -2.43. The molecule has 0 saturated heterocycles. The molecule has 146 valence electrons. The predicted octanol–water partition coefficient (Wildman–Crippen LogP) is 2.23. The van der Waals surface area contributed by atoms with E-state index in [1.807, 2.05) is 0 Å². The Bertz CT molecular complexity index is 1080. The van der Waals surface area contributed by atoms with Crippen LogP contribution in [0.4, 0.5) is 13.2 Å². The van der Waals surface area contributed by atoms with Crippen molar-refractivity contribution in [1.82, 2.24) is 14.5 Å². The lowest BCUT2D eigenvalue weighted by atomic mass is 10.0. The summed E-state index contributed by atoms with van der Waals surface area (Å²) in [6, 6.07) is 1.70. The fourth-order valence-corrected chi connectivity index (χ4v) is 4.42. The van der Waals surface area contributed by atoms with Crippen LogP contribution in [0, 0.1) is 12.1 Å². The molecule has 0 bridgehead atoms. The van der Waals surface area contributed by atoms with Crippen LogP contribution < -0.4 is 0 Å². The van der Waals surface area contributed by atoms with Crippen molar-refractivity contribution < 1.29 is 26.3 Å². The van der Waals surface area contributed by atoms with E-state index < -0.39 is 39.0 Å². The third-order valence-corrected chi connectivity index (χ3v) is 6.56. The van der Waals surface area contributed by atoms with Crippen LogP contribution in [0.3, 0.4) is 0 Å². The van der Waals surface area contributed by atoms with Crippen molar-refractivity contribution in [2.24, 2.45) is 7.05 Å². The zero-order valence-corrected chi connectivity index (χ0v) is 15.6. The molecule has 0 N–H and O–H groups in total. The van der Waals surface area contributed by atoms with Crippen LogP contribution in [0.15, 0.2) is 24.0 Å². The topological polar surface area (TPSA) is 90.9 Å². The molecule has 3 heterocycles. The van der Waals surface area contributed by atoms with E-state index in [2.05, 4.69) is 9.97 Å². The van der Waals surface area contributed by atoms with Crippen LogP contribution in [0.1, 0.15) is 24.7 Å². The van der Waals surface area contributed by atoms with Gasteiger partial charge >= 0.3 is 6.18 Å². The second-order valence-electron chi connectivity index (χ2n) is 6.36. The number of imidazole rings is 1. The van der Waals surface area contributed by atoms with Gasteiger partial charge in [0.1, 0.15) is 5.52 Å². The van der Waals surface area contributed by atoms with E-state index in [9.17, 15) is 26.8 Å². The van der Waals surface area contributed by atoms with Crippen LogP contribution >= 0.6 is 0 Å². The number of allylic oxidation sites excluding steroid dienone is 1. The third-order valence-electron chi connectivity index (χ3n) is 4.50. The molecule has 0 amide bonds. The van der Waals surface area contributed by atoms with Gasteiger partial charge in [-0.2, -0.15) is 17.9 Å². The van der Waals surface area contributed by atoms with Crippen molar-refractivity contribution in [2.45, 2.75) is 31.7 Å². The quantitative estimate of drug-likeness (QED) is 0.580. The van der Waals surface area contributed by atoms with Gasteiger partial charge in [0, 0.05) is 25.4 Å². The summed E-state index contributed by atoms with van der Waals surface area (Å²) in [4.78, 5) is 8.48. The highest BCUT2D eigenvalue weighted by atomic mass is 32.2. The van der Waals surface area contributed by atoms with E-state index in [0.717, 1.165) is 5.56 Å². The molecule has 3 rings (SSSR count). The number of pyridine rings is 1. The van der Waals surface area contributed by atoms with Crippen molar-refractivity contribution >= 4 is 26.7 Å². The number of rotatable bonds is 3. The van der Waals surface area contributed by atoms with Crippen molar-refractivity contribution in [3.05, 3.63) is 40.6 Å². The van der Waals surface area contributed by atoms with E-state index in [1.54, 1.807) is 19.2 Å². The maximum Gasteiger partial charge on any atom is 0.418 e. The van der Waals surface area contributed by atoms with E-state index in [4.69, 9.17) is 0 Å². The molecule has 0 aliphatic carbocycles. The van der Waals surface area contributed by atoms with Gasteiger partial charge in [-0.05, 0) is 18.6 Å². The van der Waals surface area contributed by atoms with Gasteiger partial charge in [0.05, 0.1) is 5.57 Å². The summed E-state index contributed by atoms with van der Waals surface area (Å²) >= 11 is 0. The largest absolute Gasteiger partial charge is 0.618 e. The first-order chi connectivity index (χ1) is 12.5. The number of nitrogens with zero attached hydrogens (tertiary/aromatic N) is 4. The minimum absolute atomic E-state index is 0.0161. The second-order valence-corrected chi connectivity index (χ2v) is 8.83. The fraction of sp³-hybridized carbons (Fsp3) is 0.438. The molecule has 11 heteroatoms. The Kier molecular flexibility index (Phi) is 4.53. The summed E-state index contributed by atoms with van der Waals surface area (Å²) in [6.07, 6.45) is -3.66. The number of hydrogen-bond donors (Lipinski definition) is 0. The van der Waals surface area contributed by atoms with E-state index >= 15 is 0 Å². The summed E-state index contributed by atoms with van der Waals surface area (Å²) in [6.45, 7) is 3.12. The summed E-state index contributed by atoms with van der Waals surface area (Å²) in [5.74, 6) is -0.417. The SMILES string of the molecule is CCS(=O)(=O)C1CC(C(F)(F)F)=C[N+]([O-])=C1c1nc2cc(C)cnc2n1C. The molecule has 2 aromatic heterocycles. The van der Waals surface area contributed by atoms with E-state index in [0.29, 0.717) is 17.4 Å². The smallest absolute Gasteiger partial charge is 0.418 e. The van der Waals surface area contributed by atoms with Crippen LogP contribution in [0.2, 0.25) is 0 Å². The van der Waals surface area contributed by atoms with Gasteiger partial charge in [0.25, 0.3) is 5.71 Å². The molecule has 1 aliphatic heterocycles. The normalized spacial score (nSPS) is 18.9. The Morgan fingerprint density at radius 3 is 2.67 bits per heavy atom. The highest BCUT2D eigenvalue weighted by Gasteiger charge is 2.48. The van der Waals surface area contributed by atoms with Gasteiger partial charge < -0.3 is 9.77 Å². The molecule has 1 unspecified atom stereocenters. The number of fused-ring (bicyclic) bond motifs is 1. The summed E-state index contributed by atoms with van der Waals surface area (Å²) in [5.41, 5.74) is 0.108. The molecule has 7 nitrogen and oxygen atoms in total. The lowest BCUT2D eigenvalue weighted by Gasteiger charge is -2.24. The third kappa shape index (κ3) is 3.31. The number of hydrogen-bond acceptors (Lipinski definition) is 5. The minimum Gasteiger partial charge on any atom is -0.618 e. The fourth-order valence-electron chi connectivity index (χ4n) is 3.04. The van der Waals surface area contributed by atoms with Gasteiger partial charge in [-0.1, -0.05) is 6.92 Å². The van der Waals surface area contributed by atoms with Gasteiger partial charge in [0.2, 0.25) is 5.82 Å². The van der Waals surface area contributed by atoms with Crippen molar-refractivity contribution in [1.29, 1.82) is 0 Å². The Morgan fingerprint density at radius 2 is 2.07 bits per heavy atom. The lowest BCUT2D eigenvalue weighted by Crippen LogP contribution is -2.42. The Morgan fingerprint density at radius 1 is 1.41 bits per heavy atom. The number of aromatic nitrogens is 3. The molecule has 1 aliphatic rings. The average Bonchev–Trinajstić information content (AvgIpc) is 2.89. The predicted molar refractivity (Wildman–Crippen MR) is 93.0 cm³/mol. The zero-order chi connectivity index (χ0) is 20.1. The maximum atomic E-state index is 13.1. The molecule has 0 spiro atoms. The van der Waals surface area contributed by atoms with E-state index in [-0.39, 0.29) is 16.3 Å². The van der Waals surface area contributed by atoms with Crippen molar-refractivity contribution in [3.63, 3.8) is 0 Å². The molecule has 0 radical (unpaired) electrons. The van der Waals surface area contributed by atoms with Gasteiger partial charge in [-0.15, -0.1) is 0 Å². The molecule has 0 aromatic carbocycles. The van der Waals surface area contributed by atoms with Crippen LogP contribution in [0.5, 0.6) is 0 Å². The molecule has 2 aromatic rings. The summed E-state index contributed by atoms with van der Waals surface area (Å²) < 4.78 is 65.8.